The van der Waals surface area contributed by atoms with Crippen LogP contribution in [0.2, 0.25) is 0 Å². The van der Waals surface area contributed by atoms with Gasteiger partial charge in [-0.05, 0) is 70.2 Å². The third-order valence-corrected chi connectivity index (χ3v) is 4.17. The van der Waals surface area contributed by atoms with Crippen LogP contribution in [0.5, 0.6) is 0 Å². The Bertz CT molecular complexity index is 540. The molecule has 0 saturated heterocycles. The van der Waals surface area contributed by atoms with Crippen molar-refractivity contribution in [3.05, 3.63) is 46.2 Å². The van der Waals surface area contributed by atoms with Crippen LogP contribution < -0.4 is 0 Å². The van der Waals surface area contributed by atoms with Gasteiger partial charge in [0.25, 0.3) is 0 Å². The number of halogens is 1. The number of benzene rings is 1. The normalized spacial score (nSPS) is 13.7. The first-order chi connectivity index (χ1) is 8.31. The number of fused-ring (bicyclic) bond motifs is 1. The Labute approximate surface area is 113 Å². The fourth-order valence-electron chi connectivity index (χ4n) is 2.07. The van der Waals surface area contributed by atoms with Crippen LogP contribution in [0.4, 0.5) is 0 Å². The van der Waals surface area contributed by atoms with Gasteiger partial charge in [0.05, 0.1) is 4.47 Å². The predicted molar refractivity (Wildman–Crippen MR) is 72.3 cm³/mol. The molecule has 0 aliphatic heterocycles. The quantitative estimate of drug-likeness (QED) is 0.788. The highest BCUT2D eigenvalue weighted by Gasteiger charge is 2.11. The first-order valence-electron chi connectivity index (χ1n) is 5.58. The zero-order valence-corrected chi connectivity index (χ0v) is 11.6. The number of rotatable bonds is 2. The summed E-state index contributed by atoms with van der Waals surface area (Å²) in [5, 5.41) is 0.797. The molecule has 1 aliphatic carbocycles. The Balaban J connectivity index is 1.83. The number of aromatic nitrogens is 2. The van der Waals surface area contributed by atoms with E-state index < -0.39 is 0 Å². The molecule has 1 aromatic heterocycles. The largest absolute Gasteiger partial charge is 0.230 e. The van der Waals surface area contributed by atoms with Crippen molar-refractivity contribution in [3.8, 4) is 0 Å². The average Bonchev–Trinajstić information content (AvgIpc) is 2.79. The lowest BCUT2D eigenvalue weighted by molar-refractivity contribution is 0.911. The van der Waals surface area contributed by atoms with Gasteiger partial charge in [-0.15, -0.1) is 0 Å². The van der Waals surface area contributed by atoms with Crippen molar-refractivity contribution in [2.45, 2.75) is 29.3 Å². The van der Waals surface area contributed by atoms with Crippen LogP contribution in [0.25, 0.3) is 0 Å². The summed E-state index contributed by atoms with van der Waals surface area (Å²) in [6.45, 7) is 0. The number of hydrogen-bond donors (Lipinski definition) is 0. The van der Waals surface area contributed by atoms with E-state index in [1.807, 2.05) is 0 Å². The topological polar surface area (TPSA) is 25.8 Å². The van der Waals surface area contributed by atoms with Gasteiger partial charge in [-0.2, -0.15) is 0 Å². The van der Waals surface area contributed by atoms with Gasteiger partial charge in [0.15, 0.2) is 5.16 Å². The van der Waals surface area contributed by atoms with Crippen LogP contribution in [0, 0.1) is 0 Å². The summed E-state index contributed by atoms with van der Waals surface area (Å²) in [6, 6.07) is 6.68. The molecule has 0 amide bonds. The van der Waals surface area contributed by atoms with Gasteiger partial charge in [-0.1, -0.05) is 6.07 Å². The molecule has 86 valence electrons. The zero-order valence-electron chi connectivity index (χ0n) is 9.19. The second-order valence-electron chi connectivity index (χ2n) is 4.07. The van der Waals surface area contributed by atoms with Gasteiger partial charge in [-0.3, -0.25) is 0 Å². The van der Waals surface area contributed by atoms with Gasteiger partial charge in [0, 0.05) is 17.3 Å². The van der Waals surface area contributed by atoms with Crippen LogP contribution in [-0.4, -0.2) is 9.97 Å². The molecular weight excluding hydrogens is 296 g/mol. The van der Waals surface area contributed by atoms with Crippen LogP contribution in [0.3, 0.4) is 0 Å². The van der Waals surface area contributed by atoms with Crippen LogP contribution in [-0.2, 0) is 12.8 Å². The number of hydrogen-bond acceptors (Lipinski definition) is 3. The second kappa shape index (κ2) is 4.78. The van der Waals surface area contributed by atoms with E-state index in [1.54, 1.807) is 24.2 Å². The smallest absolute Gasteiger partial charge is 0.192 e. The van der Waals surface area contributed by atoms with Crippen molar-refractivity contribution < 1.29 is 0 Å². The van der Waals surface area contributed by atoms with Crippen molar-refractivity contribution in [3.63, 3.8) is 0 Å². The summed E-state index contributed by atoms with van der Waals surface area (Å²) >= 11 is 4.96. The molecule has 1 aromatic carbocycles. The van der Waals surface area contributed by atoms with E-state index in [9.17, 15) is 0 Å². The van der Waals surface area contributed by atoms with Crippen molar-refractivity contribution in [2.24, 2.45) is 0 Å². The zero-order chi connectivity index (χ0) is 11.7. The molecule has 17 heavy (non-hydrogen) atoms. The number of aryl methyl sites for hydroxylation is 2. The van der Waals surface area contributed by atoms with E-state index in [1.165, 1.54) is 35.3 Å². The Morgan fingerprint density at radius 1 is 1.06 bits per heavy atom. The minimum atomic E-state index is 0.797. The molecule has 1 heterocycles. The highest BCUT2D eigenvalue weighted by molar-refractivity contribution is 9.10. The Hall–Kier alpha value is -0.870. The Morgan fingerprint density at radius 2 is 1.82 bits per heavy atom. The van der Waals surface area contributed by atoms with E-state index >= 15 is 0 Å². The maximum atomic E-state index is 4.27. The van der Waals surface area contributed by atoms with E-state index in [0.29, 0.717) is 0 Å². The second-order valence-corrected chi connectivity index (χ2v) is 6.03. The molecule has 0 N–H and O–H groups in total. The molecule has 4 heteroatoms. The molecular formula is C13H11BrN2S. The summed E-state index contributed by atoms with van der Waals surface area (Å²) in [5.41, 5.74) is 3.00. The minimum Gasteiger partial charge on any atom is -0.230 e. The highest BCUT2D eigenvalue weighted by Crippen LogP contribution is 2.30. The van der Waals surface area contributed by atoms with Gasteiger partial charge in [-0.25, -0.2) is 9.97 Å². The fourth-order valence-corrected chi connectivity index (χ4v) is 3.03. The predicted octanol–water partition coefficient (Wildman–Crippen LogP) is 3.88. The van der Waals surface area contributed by atoms with Crippen molar-refractivity contribution in [2.75, 3.05) is 0 Å². The summed E-state index contributed by atoms with van der Waals surface area (Å²) in [4.78, 5) is 9.77. The first-order valence-corrected chi connectivity index (χ1v) is 7.19. The highest BCUT2D eigenvalue weighted by atomic mass is 79.9. The van der Waals surface area contributed by atoms with Crippen molar-refractivity contribution in [1.82, 2.24) is 9.97 Å². The van der Waals surface area contributed by atoms with E-state index in [-0.39, 0.29) is 0 Å². The van der Waals surface area contributed by atoms with Crippen LogP contribution >= 0.6 is 27.7 Å². The van der Waals surface area contributed by atoms with Gasteiger partial charge in [0.1, 0.15) is 0 Å². The SMILES string of the molecule is Brc1cnc(Sc2ccc3c(c2)CCC3)nc1. The standard InChI is InChI=1S/C13H11BrN2S/c14-11-7-15-13(16-8-11)17-12-5-4-9-2-1-3-10(9)6-12/h4-8H,1-3H2. The summed E-state index contributed by atoms with van der Waals surface area (Å²) in [7, 11) is 0. The molecule has 2 nitrogen and oxygen atoms in total. The lowest BCUT2D eigenvalue weighted by Gasteiger charge is -2.03. The molecule has 0 fully saturated rings. The molecule has 0 saturated carbocycles. The molecule has 2 aromatic rings. The first kappa shape index (κ1) is 11.2. The lowest BCUT2D eigenvalue weighted by Crippen LogP contribution is -1.86. The molecule has 0 atom stereocenters. The Kier molecular flexibility index (Phi) is 3.16. The molecule has 0 spiro atoms. The summed E-state index contributed by atoms with van der Waals surface area (Å²) < 4.78 is 0.913. The van der Waals surface area contributed by atoms with E-state index in [0.717, 1.165) is 9.63 Å². The maximum Gasteiger partial charge on any atom is 0.192 e. The van der Waals surface area contributed by atoms with Gasteiger partial charge < -0.3 is 0 Å². The Morgan fingerprint density at radius 3 is 2.65 bits per heavy atom. The average molecular weight is 307 g/mol. The summed E-state index contributed by atoms with van der Waals surface area (Å²) in [5.74, 6) is 0. The third kappa shape index (κ3) is 2.53. The molecule has 0 radical (unpaired) electrons. The van der Waals surface area contributed by atoms with Gasteiger partial charge >= 0.3 is 0 Å². The van der Waals surface area contributed by atoms with Crippen molar-refractivity contribution >= 4 is 27.7 Å². The van der Waals surface area contributed by atoms with Crippen molar-refractivity contribution in [1.29, 1.82) is 0 Å². The maximum absolute atomic E-state index is 4.27. The van der Waals surface area contributed by atoms with E-state index in [2.05, 4.69) is 44.1 Å². The fraction of sp³-hybridized carbons (Fsp3) is 0.231. The van der Waals surface area contributed by atoms with Crippen LogP contribution in [0.15, 0.2) is 45.1 Å². The van der Waals surface area contributed by atoms with E-state index in [4.69, 9.17) is 0 Å². The lowest BCUT2D eigenvalue weighted by atomic mass is 10.1. The molecule has 3 rings (SSSR count). The molecule has 1 aliphatic rings. The molecule has 0 unspecified atom stereocenters. The molecule has 0 bridgehead atoms. The number of nitrogens with zero attached hydrogens (tertiary/aromatic N) is 2. The van der Waals surface area contributed by atoms with Gasteiger partial charge in [0.2, 0.25) is 0 Å². The van der Waals surface area contributed by atoms with Crippen LogP contribution in [0.1, 0.15) is 17.5 Å². The minimum absolute atomic E-state index is 0.797. The monoisotopic (exact) mass is 306 g/mol. The summed E-state index contributed by atoms with van der Waals surface area (Å²) in [6.07, 6.45) is 7.30. The third-order valence-electron chi connectivity index (χ3n) is 2.88.